The number of aromatic nitrogens is 1. The van der Waals surface area contributed by atoms with Crippen LogP contribution in [0.4, 0.5) is 5.69 Å². The monoisotopic (exact) mass is 396 g/mol. The maximum absolute atomic E-state index is 5.89. The Morgan fingerprint density at radius 3 is 2.71 bits per heavy atom. The van der Waals surface area contributed by atoms with E-state index in [0.717, 1.165) is 23.5 Å². The molecule has 1 aromatic heterocycles. The predicted octanol–water partition coefficient (Wildman–Crippen LogP) is 3.50. The lowest BCUT2D eigenvalue weighted by molar-refractivity contribution is 0.965. The van der Waals surface area contributed by atoms with Crippen LogP contribution in [-0.2, 0) is 13.0 Å². The van der Waals surface area contributed by atoms with Gasteiger partial charge in [0, 0.05) is 11.4 Å². The van der Waals surface area contributed by atoms with Gasteiger partial charge >= 0.3 is 0 Å². The summed E-state index contributed by atoms with van der Waals surface area (Å²) in [5.41, 5.74) is 10.0. The van der Waals surface area contributed by atoms with Crippen molar-refractivity contribution in [3.63, 3.8) is 0 Å². The van der Waals surface area contributed by atoms with E-state index >= 15 is 0 Å². The first kappa shape index (κ1) is 17.4. The van der Waals surface area contributed by atoms with E-state index < -0.39 is 0 Å². The average Bonchev–Trinajstić information content (AvgIpc) is 2.45. The topological polar surface area (TPSA) is 63.3 Å². The molecule has 0 amide bonds. The van der Waals surface area contributed by atoms with Crippen LogP contribution in [0, 0.1) is 6.92 Å². The molecule has 5 heteroatoms. The zero-order chi connectivity index (χ0) is 14.4. The Morgan fingerprint density at radius 2 is 2.00 bits per heavy atom. The third-order valence-corrected chi connectivity index (χ3v) is 2.97. The third-order valence-electron chi connectivity index (χ3n) is 2.97. The minimum atomic E-state index is 0. The van der Waals surface area contributed by atoms with E-state index in [2.05, 4.69) is 34.3 Å². The van der Waals surface area contributed by atoms with Crippen molar-refractivity contribution in [1.29, 1.82) is 0 Å². The maximum Gasteiger partial charge on any atom is 0.193 e. The molecule has 4 nitrogen and oxygen atoms in total. The van der Waals surface area contributed by atoms with Gasteiger partial charge in [0.1, 0.15) is 0 Å². The van der Waals surface area contributed by atoms with E-state index in [9.17, 15) is 0 Å². The average molecular weight is 396 g/mol. The zero-order valence-electron chi connectivity index (χ0n) is 12.3. The van der Waals surface area contributed by atoms with Gasteiger partial charge in [-0.1, -0.05) is 25.1 Å². The summed E-state index contributed by atoms with van der Waals surface area (Å²) in [7, 11) is 0. The number of anilines is 1. The third kappa shape index (κ3) is 5.71. The first-order valence-corrected chi connectivity index (χ1v) is 6.76. The number of aryl methyl sites for hydroxylation is 2. The van der Waals surface area contributed by atoms with Crippen molar-refractivity contribution in [3.05, 3.63) is 59.4 Å². The smallest absolute Gasteiger partial charge is 0.193 e. The van der Waals surface area contributed by atoms with Gasteiger partial charge in [-0.05, 0) is 43.2 Å². The number of nitrogens with zero attached hydrogens (tertiary/aromatic N) is 2. The lowest BCUT2D eigenvalue weighted by Gasteiger charge is -2.07. The van der Waals surface area contributed by atoms with Crippen molar-refractivity contribution in [2.45, 2.75) is 26.8 Å². The molecule has 1 heterocycles. The van der Waals surface area contributed by atoms with Crippen LogP contribution in [0.25, 0.3) is 0 Å². The van der Waals surface area contributed by atoms with Crippen molar-refractivity contribution >= 4 is 35.6 Å². The van der Waals surface area contributed by atoms with Crippen molar-refractivity contribution in [2.75, 3.05) is 5.32 Å². The molecule has 0 atom stereocenters. The molecule has 3 N–H and O–H groups in total. The molecule has 0 radical (unpaired) electrons. The Morgan fingerprint density at radius 1 is 1.24 bits per heavy atom. The Bertz CT molecular complexity index is 611. The minimum Gasteiger partial charge on any atom is -0.370 e. The number of rotatable bonds is 4. The minimum absolute atomic E-state index is 0. The molecule has 0 spiro atoms. The summed E-state index contributed by atoms with van der Waals surface area (Å²) in [6, 6.07) is 14.0. The number of hydrogen-bond donors (Lipinski definition) is 2. The van der Waals surface area contributed by atoms with Crippen LogP contribution in [0.3, 0.4) is 0 Å². The molecule has 0 aliphatic heterocycles. The van der Waals surface area contributed by atoms with Gasteiger partial charge in [0.2, 0.25) is 0 Å². The van der Waals surface area contributed by atoms with Crippen molar-refractivity contribution in [1.82, 2.24) is 4.98 Å². The van der Waals surface area contributed by atoms with Crippen LogP contribution in [0.1, 0.15) is 23.9 Å². The number of nitrogens with two attached hydrogens (primary N) is 1. The molecule has 0 saturated carbocycles. The lowest BCUT2D eigenvalue weighted by Crippen LogP contribution is -2.22. The second-order valence-corrected chi connectivity index (χ2v) is 4.65. The summed E-state index contributed by atoms with van der Waals surface area (Å²) >= 11 is 0. The van der Waals surface area contributed by atoms with E-state index in [4.69, 9.17) is 5.73 Å². The Kier molecular flexibility index (Phi) is 7.14. The van der Waals surface area contributed by atoms with E-state index in [0.29, 0.717) is 12.5 Å². The van der Waals surface area contributed by atoms with Crippen molar-refractivity contribution in [3.8, 4) is 0 Å². The number of nitrogens with one attached hydrogen (secondary N) is 1. The normalized spacial score (nSPS) is 10.9. The maximum atomic E-state index is 5.89. The van der Waals surface area contributed by atoms with E-state index in [-0.39, 0.29) is 24.0 Å². The Hall–Kier alpha value is -1.63. The highest BCUT2D eigenvalue weighted by Crippen LogP contribution is 2.10. The molecule has 0 aliphatic carbocycles. The van der Waals surface area contributed by atoms with Crippen LogP contribution in [-0.4, -0.2) is 10.9 Å². The highest BCUT2D eigenvalue weighted by Gasteiger charge is 1.98. The molecule has 0 aliphatic rings. The summed E-state index contributed by atoms with van der Waals surface area (Å²) in [5.74, 6) is 0.404. The molecule has 0 bridgehead atoms. The van der Waals surface area contributed by atoms with E-state index in [1.165, 1.54) is 5.56 Å². The fourth-order valence-electron chi connectivity index (χ4n) is 1.91. The molecular weight excluding hydrogens is 375 g/mol. The van der Waals surface area contributed by atoms with Gasteiger partial charge in [0.25, 0.3) is 0 Å². The number of aliphatic imine (C=N–C) groups is 1. The molecule has 0 saturated heterocycles. The van der Waals surface area contributed by atoms with Crippen LogP contribution < -0.4 is 11.1 Å². The number of guanidine groups is 1. The van der Waals surface area contributed by atoms with Gasteiger partial charge in [-0.2, -0.15) is 0 Å². The summed E-state index contributed by atoms with van der Waals surface area (Å²) in [6.45, 7) is 4.57. The molecule has 112 valence electrons. The van der Waals surface area contributed by atoms with E-state index in [1.807, 2.05) is 37.3 Å². The standard InChI is InChI=1S/C16H20N4.HI/c1-3-13-7-5-8-14(10-13)20-16(17)18-11-15-9-4-6-12(2)19-15;/h4-10H,3,11H2,1-2H3,(H3,17,18,20);1H. The van der Waals surface area contributed by atoms with Gasteiger partial charge in [-0.25, -0.2) is 4.99 Å². The molecule has 2 aromatic rings. The van der Waals surface area contributed by atoms with Gasteiger partial charge in [0.05, 0.1) is 12.2 Å². The lowest BCUT2D eigenvalue weighted by atomic mass is 10.1. The summed E-state index contributed by atoms with van der Waals surface area (Å²) in [5, 5.41) is 3.10. The first-order valence-electron chi connectivity index (χ1n) is 6.76. The summed E-state index contributed by atoms with van der Waals surface area (Å²) < 4.78 is 0. The predicted molar refractivity (Wildman–Crippen MR) is 99.2 cm³/mol. The molecule has 1 aromatic carbocycles. The van der Waals surface area contributed by atoms with Gasteiger partial charge < -0.3 is 11.1 Å². The summed E-state index contributed by atoms with van der Waals surface area (Å²) in [6.07, 6.45) is 1.000. The van der Waals surface area contributed by atoms with Crippen LogP contribution in [0.15, 0.2) is 47.5 Å². The van der Waals surface area contributed by atoms with Crippen molar-refractivity contribution in [2.24, 2.45) is 10.7 Å². The number of hydrogen-bond acceptors (Lipinski definition) is 2. The largest absolute Gasteiger partial charge is 0.370 e. The van der Waals surface area contributed by atoms with Crippen LogP contribution in [0.2, 0.25) is 0 Å². The Labute approximate surface area is 142 Å². The van der Waals surface area contributed by atoms with Crippen LogP contribution in [0.5, 0.6) is 0 Å². The summed E-state index contributed by atoms with van der Waals surface area (Å²) in [4.78, 5) is 8.70. The molecule has 21 heavy (non-hydrogen) atoms. The second-order valence-electron chi connectivity index (χ2n) is 4.65. The number of pyridine rings is 1. The molecule has 2 rings (SSSR count). The van der Waals surface area contributed by atoms with Crippen molar-refractivity contribution < 1.29 is 0 Å². The fraction of sp³-hybridized carbons (Fsp3) is 0.250. The van der Waals surface area contributed by atoms with Gasteiger partial charge in [-0.15, -0.1) is 24.0 Å². The van der Waals surface area contributed by atoms with Crippen LogP contribution >= 0.6 is 24.0 Å². The highest BCUT2D eigenvalue weighted by atomic mass is 127. The molecular formula is C16H21IN4. The second kappa shape index (κ2) is 8.61. The SMILES string of the molecule is CCc1cccc(NC(N)=NCc2cccc(C)n2)c1.I. The first-order chi connectivity index (χ1) is 9.67. The highest BCUT2D eigenvalue weighted by molar-refractivity contribution is 14.0. The quantitative estimate of drug-likeness (QED) is 0.473. The van der Waals surface area contributed by atoms with Gasteiger partial charge in [0.15, 0.2) is 5.96 Å². The van der Waals surface area contributed by atoms with E-state index in [1.54, 1.807) is 0 Å². The number of benzene rings is 1. The molecule has 0 unspecified atom stereocenters. The number of halogens is 1. The molecule has 0 fully saturated rings. The fourth-order valence-corrected chi connectivity index (χ4v) is 1.91. The Balaban J connectivity index is 0.00000220. The zero-order valence-corrected chi connectivity index (χ0v) is 14.7. The van der Waals surface area contributed by atoms with Gasteiger partial charge in [-0.3, -0.25) is 4.98 Å².